The molecule has 0 saturated heterocycles. The molecule has 2 heterocycles. The van der Waals surface area contributed by atoms with Gasteiger partial charge in [-0.05, 0) is 35.2 Å². The first kappa shape index (κ1) is 15.0. The highest BCUT2D eigenvalue weighted by Gasteiger charge is 2.21. The van der Waals surface area contributed by atoms with Crippen LogP contribution in [0.5, 0.6) is 0 Å². The molecule has 24 heavy (non-hydrogen) atoms. The molecular formula is C16H16N6OS. The summed E-state index contributed by atoms with van der Waals surface area (Å²) in [6.07, 6.45) is 2.15. The van der Waals surface area contributed by atoms with Crippen molar-refractivity contribution in [3.05, 3.63) is 42.0 Å². The Balaban J connectivity index is 2.00. The molecule has 3 aromatic rings. The zero-order chi connectivity index (χ0) is 16.5. The van der Waals surface area contributed by atoms with E-state index in [2.05, 4.69) is 32.0 Å². The van der Waals surface area contributed by atoms with Crippen molar-refractivity contribution in [1.29, 1.82) is 0 Å². The topological polar surface area (TPSA) is 110 Å². The van der Waals surface area contributed by atoms with Crippen LogP contribution in [0.1, 0.15) is 12.0 Å². The number of nitrogens with zero attached hydrogens (tertiary/aromatic N) is 3. The van der Waals surface area contributed by atoms with Crippen molar-refractivity contribution in [3.8, 4) is 22.5 Å². The lowest BCUT2D eigenvalue weighted by molar-refractivity contribution is 0.684. The molecule has 1 aliphatic rings. The summed E-state index contributed by atoms with van der Waals surface area (Å²) in [6, 6.07) is 11.7. The number of hydrogen-bond acceptors (Lipinski definition) is 5. The van der Waals surface area contributed by atoms with Gasteiger partial charge in [0.05, 0.1) is 4.90 Å². The average Bonchev–Trinajstić information content (AvgIpc) is 3.15. The van der Waals surface area contributed by atoms with Gasteiger partial charge in [0, 0.05) is 23.4 Å². The van der Waals surface area contributed by atoms with Crippen molar-refractivity contribution >= 4 is 16.7 Å². The van der Waals surface area contributed by atoms with E-state index in [1.165, 1.54) is 5.56 Å². The Bertz CT molecular complexity index is 909. The highest BCUT2D eigenvalue weighted by molar-refractivity contribution is 7.82. The van der Waals surface area contributed by atoms with Crippen molar-refractivity contribution in [1.82, 2.24) is 20.6 Å². The summed E-state index contributed by atoms with van der Waals surface area (Å²) in [5.41, 5.74) is 4.94. The summed E-state index contributed by atoms with van der Waals surface area (Å²) < 4.78 is 12.0. The molecule has 0 radical (unpaired) electrons. The lowest BCUT2D eigenvalue weighted by Gasteiger charge is -2.22. The maximum Gasteiger partial charge on any atom is 0.206 e. The number of benzene rings is 2. The molecule has 4 N–H and O–H groups in total. The number of aromatic amines is 1. The second-order valence-corrected chi connectivity index (χ2v) is 6.62. The highest BCUT2D eigenvalue weighted by Crippen LogP contribution is 2.40. The Morgan fingerprint density at radius 1 is 1.12 bits per heavy atom. The van der Waals surface area contributed by atoms with Crippen LogP contribution in [0.3, 0.4) is 0 Å². The first-order valence-electron chi connectivity index (χ1n) is 7.65. The van der Waals surface area contributed by atoms with E-state index >= 15 is 0 Å². The van der Waals surface area contributed by atoms with E-state index in [1.54, 1.807) is 6.07 Å². The SMILES string of the molecule is NS(=O)c1cccc(-c2cccc3c2NCCC3)c1-c1nn[nH]n1. The molecule has 0 bridgehead atoms. The second-order valence-electron chi connectivity index (χ2n) is 5.58. The molecule has 0 aliphatic carbocycles. The summed E-state index contributed by atoms with van der Waals surface area (Å²) >= 11 is 0. The van der Waals surface area contributed by atoms with Crippen molar-refractivity contribution in [3.63, 3.8) is 0 Å². The molecule has 1 aromatic heterocycles. The Kier molecular flexibility index (Phi) is 3.83. The molecule has 0 saturated carbocycles. The van der Waals surface area contributed by atoms with Gasteiger partial charge in [0.25, 0.3) is 0 Å². The van der Waals surface area contributed by atoms with Gasteiger partial charge in [0.15, 0.2) is 0 Å². The standard InChI is InChI=1S/C16H16N6OS/c17-24(23)13-8-2-6-11(14(13)16-19-21-22-20-16)12-7-1-4-10-5-3-9-18-15(10)12/h1-2,4,6-8,18H,3,5,9,17H2,(H,19,20,21,22). The summed E-state index contributed by atoms with van der Waals surface area (Å²) in [6.45, 7) is 0.935. The number of para-hydroxylation sites is 1. The van der Waals surface area contributed by atoms with Gasteiger partial charge in [-0.2, -0.15) is 5.21 Å². The quantitative estimate of drug-likeness (QED) is 0.674. The Hall–Kier alpha value is -2.58. The monoisotopic (exact) mass is 340 g/mol. The minimum absolute atomic E-state index is 0.382. The minimum atomic E-state index is -1.65. The third kappa shape index (κ3) is 2.49. The molecule has 1 unspecified atom stereocenters. The molecule has 1 atom stereocenters. The van der Waals surface area contributed by atoms with Crippen LogP contribution < -0.4 is 10.5 Å². The number of aromatic nitrogens is 4. The number of anilines is 1. The second kappa shape index (κ2) is 6.14. The fourth-order valence-electron chi connectivity index (χ4n) is 3.16. The lowest BCUT2D eigenvalue weighted by Crippen LogP contribution is -2.13. The van der Waals surface area contributed by atoms with E-state index < -0.39 is 11.0 Å². The fourth-order valence-corrected chi connectivity index (χ4v) is 3.77. The minimum Gasteiger partial charge on any atom is -0.384 e. The normalized spacial score (nSPS) is 14.7. The van der Waals surface area contributed by atoms with E-state index in [4.69, 9.17) is 5.14 Å². The van der Waals surface area contributed by atoms with Crippen LogP contribution in [0, 0.1) is 0 Å². The van der Waals surface area contributed by atoms with E-state index in [-0.39, 0.29) is 0 Å². The fraction of sp³-hybridized carbons (Fsp3) is 0.188. The van der Waals surface area contributed by atoms with Crippen LogP contribution in [0.4, 0.5) is 5.69 Å². The lowest BCUT2D eigenvalue weighted by atomic mass is 9.92. The van der Waals surface area contributed by atoms with E-state index in [0.717, 1.165) is 36.2 Å². The largest absolute Gasteiger partial charge is 0.384 e. The van der Waals surface area contributed by atoms with Gasteiger partial charge in [0.2, 0.25) is 5.82 Å². The molecule has 2 aromatic carbocycles. The number of rotatable bonds is 3. The van der Waals surface area contributed by atoms with Gasteiger partial charge in [-0.3, -0.25) is 0 Å². The van der Waals surface area contributed by atoms with E-state index in [0.29, 0.717) is 16.3 Å². The van der Waals surface area contributed by atoms with Crippen molar-refractivity contribution in [2.24, 2.45) is 5.14 Å². The zero-order valence-electron chi connectivity index (χ0n) is 12.8. The Labute approximate surface area is 141 Å². The van der Waals surface area contributed by atoms with Gasteiger partial charge in [-0.15, -0.1) is 10.2 Å². The van der Waals surface area contributed by atoms with Crippen LogP contribution in [-0.2, 0) is 17.4 Å². The molecular weight excluding hydrogens is 324 g/mol. The Morgan fingerprint density at radius 2 is 1.96 bits per heavy atom. The van der Waals surface area contributed by atoms with Crippen LogP contribution in [-0.4, -0.2) is 31.4 Å². The number of nitrogens with two attached hydrogens (primary N) is 1. The average molecular weight is 340 g/mol. The maximum absolute atomic E-state index is 12.0. The van der Waals surface area contributed by atoms with E-state index in [1.807, 2.05) is 24.3 Å². The van der Waals surface area contributed by atoms with Gasteiger partial charge in [-0.1, -0.05) is 30.3 Å². The molecule has 0 spiro atoms. The predicted molar refractivity (Wildman–Crippen MR) is 92.5 cm³/mol. The van der Waals surface area contributed by atoms with Crippen molar-refractivity contribution in [2.75, 3.05) is 11.9 Å². The number of nitrogens with one attached hydrogen (secondary N) is 2. The zero-order valence-corrected chi connectivity index (χ0v) is 13.6. The number of tetrazole rings is 1. The molecule has 122 valence electrons. The van der Waals surface area contributed by atoms with E-state index in [9.17, 15) is 4.21 Å². The molecule has 1 aliphatic heterocycles. The number of aryl methyl sites for hydroxylation is 1. The molecule has 8 heteroatoms. The number of hydrogen-bond donors (Lipinski definition) is 3. The van der Waals surface area contributed by atoms with Crippen LogP contribution >= 0.6 is 0 Å². The highest BCUT2D eigenvalue weighted by atomic mass is 32.2. The predicted octanol–water partition coefficient (Wildman–Crippen LogP) is 1.87. The van der Waals surface area contributed by atoms with Crippen molar-refractivity contribution < 1.29 is 4.21 Å². The summed E-state index contributed by atoms with van der Waals surface area (Å²) in [5.74, 6) is 0.382. The van der Waals surface area contributed by atoms with Crippen LogP contribution in [0.15, 0.2) is 41.3 Å². The van der Waals surface area contributed by atoms with Gasteiger partial charge < -0.3 is 5.32 Å². The summed E-state index contributed by atoms with van der Waals surface area (Å²) in [4.78, 5) is 0.488. The van der Waals surface area contributed by atoms with Crippen molar-refractivity contribution in [2.45, 2.75) is 17.7 Å². The molecule has 7 nitrogen and oxygen atoms in total. The molecule has 0 amide bonds. The number of H-pyrrole nitrogens is 1. The first-order chi connectivity index (χ1) is 11.8. The van der Waals surface area contributed by atoms with Crippen LogP contribution in [0.2, 0.25) is 0 Å². The number of fused-ring (bicyclic) bond motifs is 1. The summed E-state index contributed by atoms with van der Waals surface area (Å²) in [7, 11) is -1.65. The van der Waals surface area contributed by atoms with Gasteiger partial charge in [-0.25, -0.2) is 9.35 Å². The third-order valence-corrected chi connectivity index (χ3v) is 4.95. The first-order valence-corrected chi connectivity index (χ1v) is 8.86. The third-order valence-electron chi connectivity index (χ3n) is 4.18. The van der Waals surface area contributed by atoms with Crippen LogP contribution in [0.25, 0.3) is 22.5 Å². The molecule has 4 rings (SSSR count). The Morgan fingerprint density at radius 3 is 2.75 bits per heavy atom. The molecule has 0 fully saturated rings. The maximum atomic E-state index is 12.0. The van der Waals surface area contributed by atoms with Gasteiger partial charge in [0.1, 0.15) is 11.0 Å². The van der Waals surface area contributed by atoms with Gasteiger partial charge >= 0.3 is 0 Å². The summed E-state index contributed by atoms with van der Waals surface area (Å²) in [5, 5.41) is 23.4. The smallest absolute Gasteiger partial charge is 0.206 e.